The van der Waals surface area contributed by atoms with Gasteiger partial charge in [-0.3, -0.25) is 0 Å². The number of carbonyl (C=O) groups is 2. The minimum atomic E-state index is -2.26. The summed E-state index contributed by atoms with van der Waals surface area (Å²) >= 11 is 0. The van der Waals surface area contributed by atoms with Crippen LogP contribution < -0.4 is 20.9 Å². The summed E-state index contributed by atoms with van der Waals surface area (Å²) in [7, 11) is 0. The minimum Gasteiger partial charge on any atom is -0.424 e. The van der Waals surface area contributed by atoms with Crippen LogP contribution in [0.15, 0.2) is 36.4 Å². The summed E-state index contributed by atoms with van der Waals surface area (Å²) < 4.78 is 20.6. The van der Waals surface area contributed by atoms with Crippen molar-refractivity contribution in [1.29, 1.82) is 0 Å². The van der Waals surface area contributed by atoms with Crippen LogP contribution in [0.25, 0.3) is 0 Å². The fourth-order valence-corrected chi connectivity index (χ4v) is 2.71. The van der Waals surface area contributed by atoms with Crippen molar-refractivity contribution in [3.05, 3.63) is 47.5 Å². The van der Waals surface area contributed by atoms with Crippen LogP contribution in [0.5, 0.6) is 11.5 Å². The Kier molecular flexibility index (Phi) is 10.7. The maximum absolute atomic E-state index is 12.4. The molecule has 0 aliphatic carbocycles. The van der Waals surface area contributed by atoms with Crippen LogP contribution in [0.1, 0.15) is 11.1 Å². The van der Waals surface area contributed by atoms with Gasteiger partial charge in [0.2, 0.25) is 0 Å². The molecule has 2 atom stereocenters. The SMILES string of the molecule is Nc1ccc(OC(=O)C(O)C(O)C(=O)Oc2ccc(N)cc2COCCO)c(COCCO)c1. The summed E-state index contributed by atoms with van der Waals surface area (Å²) in [5, 5.41) is 38.0. The Hall–Kier alpha value is -3.26. The quantitative estimate of drug-likeness (QED) is 0.0893. The van der Waals surface area contributed by atoms with Crippen molar-refractivity contribution in [2.45, 2.75) is 25.4 Å². The van der Waals surface area contributed by atoms with Crippen LogP contribution >= 0.6 is 0 Å². The maximum atomic E-state index is 12.4. The Labute approximate surface area is 195 Å². The second-order valence-electron chi connectivity index (χ2n) is 7.02. The molecule has 2 aromatic rings. The standard InChI is InChI=1S/C22H28N2O10/c23-15-1-3-17(13(9-15)11-31-7-5-25)33-21(29)19(27)20(28)22(30)34-18-4-2-16(24)10-14(18)12-32-8-6-26/h1-4,9-10,19-20,25-28H,5-8,11-12,23-24H2. The number of nitrogen functional groups attached to an aromatic ring is 2. The average molecular weight is 480 g/mol. The predicted octanol–water partition coefficient (Wildman–Crippen LogP) is -0.898. The topological polar surface area (TPSA) is 204 Å². The van der Waals surface area contributed by atoms with Crippen molar-refractivity contribution in [2.24, 2.45) is 0 Å². The molecule has 34 heavy (non-hydrogen) atoms. The first kappa shape index (κ1) is 27.0. The Balaban J connectivity index is 2.06. The second-order valence-corrected chi connectivity index (χ2v) is 7.02. The first-order valence-electron chi connectivity index (χ1n) is 10.2. The molecule has 2 unspecified atom stereocenters. The van der Waals surface area contributed by atoms with E-state index in [1.807, 2.05) is 0 Å². The summed E-state index contributed by atoms with van der Waals surface area (Å²) in [5.41, 5.74) is 12.8. The van der Waals surface area contributed by atoms with Gasteiger partial charge in [-0.05, 0) is 36.4 Å². The summed E-state index contributed by atoms with van der Waals surface area (Å²) in [5.74, 6) is -2.67. The first-order valence-corrected chi connectivity index (χ1v) is 10.2. The van der Waals surface area contributed by atoms with Gasteiger partial charge in [-0.2, -0.15) is 0 Å². The number of aliphatic hydroxyl groups is 4. The van der Waals surface area contributed by atoms with Gasteiger partial charge in [0.15, 0.2) is 12.2 Å². The van der Waals surface area contributed by atoms with Crippen LogP contribution in [-0.4, -0.2) is 71.0 Å². The van der Waals surface area contributed by atoms with Crippen LogP contribution in [0, 0.1) is 0 Å². The van der Waals surface area contributed by atoms with E-state index in [4.69, 9.17) is 40.6 Å². The number of nitrogens with two attached hydrogens (primary N) is 2. The molecule has 0 spiro atoms. The van der Waals surface area contributed by atoms with Crippen LogP contribution in [0.4, 0.5) is 11.4 Å². The summed E-state index contributed by atoms with van der Waals surface area (Å²) in [6.45, 7) is -0.455. The molecule has 186 valence electrons. The van der Waals surface area contributed by atoms with Crippen LogP contribution in [0.2, 0.25) is 0 Å². The lowest BCUT2D eigenvalue weighted by Crippen LogP contribution is -2.44. The predicted molar refractivity (Wildman–Crippen MR) is 118 cm³/mol. The Bertz CT molecular complexity index is 891. The highest BCUT2D eigenvalue weighted by atomic mass is 16.6. The molecule has 0 saturated carbocycles. The van der Waals surface area contributed by atoms with E-state index in [0.29, 0.717) is 22.5 Å². The molecule has 8 N–H and O–H groups in total. The van der Waals surface area contributed by atoms with Gasteiger partial charge in [-0.15, -0.1) is 0 Å². The third-order valence-electron chi connectivity index (χ3n) is 4.36. The number of ether oxygens (including phenoxy) is 4. The third-order valence-corrected chi connectivity index (χ3v) is 4.36. The zero-order chi connectivity index (χ0) is 25.1. The highest BCUT2D eigenvalue weighted by Crippen LogP contribution is 2.25. The van der Waals surface area contributed by atoms with Gasteiger partial charge < -0.3 is 50.8 Å². The monoisotopic (exact) mass is 480 g/mol. The minimum absolute atomic E-state index is 0.0152. The lowest BCUT2D eigenvalue weighted by molar-refractivity contribution is -0.162. The molecular weight excluding hydrogens is 452 g/mol. The van der Waals surface area contributed by atoms with E-state index in [2.05, 4.69) is 0 Å². The molecule has 12 nitrogen and oxygen atoms in total. The molecule has 0 aliphatic heterocycles. The zero-order valence-corrected chi connectivity index (χ0v) is 18.3. The van der Waals surface area contributed by atoms with Gasteiger partial charge in [0.25, 0.3) is 0 Å². The third kappa shape index (κ3) is 7.95. The second kappa shape index (κ2) is 13.4. The highest BCUT2D eigenvalue weighted by Gasteiger charge is 2.34. The van der Waals surface area contributed by atoms with Crippen molar-refractivity contribution in [1.82, 2.24) is 0 Å². The number of rotatable bonds is 13. The molecular formula is C22H28N2O10. The van der Waals surface area contributed by atoms with Crippen molar-refractivity contribution in [3.8, 4) is 11.5 Å². The van der Waals surface area contributed by atoms with E-state index >= 15 is 0 Å². The van der Waals surface area contributed by atoms with Crippen molar-refractivity contribution >= 4 is 23.3 Å². The summed E-state index contributed by atoms with van der Waals surface area (Å²) in [6.07, 6.45) is -4.53. The molecule has 0 bridgehead atoms. The first-order chi connectivity index (χ1) is 16.3. The Morgan fingerprint density at radius 3 is 1.47 bits per heavy atom. The fourth-order valence-electron chi connectivity index (χ4n) is 2.71. The molecule has 12 heteroatoms. The number of hydrogen-bond acceptors (Lipinski definition) is 12. The molecule has 0 heterocycles. The zero-order valence-electron chi connectivity index (χ0n) is 18.3. The van der Waals surface area contributed by atoms with E-state index in [1.165, 1.54) is 36.4 Å². The largest absolute Gasteiger partial charge is 0.424 e. The smallest absolute Gasteiger partial charge is 0.343 e. The lowest BCUT2D eigenvalue weighted by Gasteiger charge is -2.18. The van der Waals surface area contributed by atoms with Gasteiger partial charge in [0, 0.05) is 22.5 Å². The van der Waals surface area contributed by atoms with Gasteiger partial charge in [-0.25, -0.2) is 9.59 Å². The van der Waals surface area contributed by atoms with Gasteiger partial charge in [0.05, 0.1) is 39.6 Å². The Morgan fingerprint density at radius 2 is 1.12 bits per heavy atom. The number of hydrogen-bond donors (Lipinski definition) is 6. The lowest BCUT2D eigenvalue weighted by atomic mass is 10.1. The molecule has 0 saturated heterocycles. The van der Waals surface area contributed by atoms with Crippen LogP contribution in [-0.2, 0) is 32.3 Å². The number of esters is 2. The summed E-state index contributed by atoms with van der Waals surface area (Å²) in [4.78, 5) is 24.7. The molecule has 0 amide bonds. The summed E-state index contributed by atoms with van der Waals surface area (Å²) in [6, 6.07) is 8.54. The van der Waals surface area contributed by atoms with E-state index in [9.17, 15) is 19.8 Å². The van der Waals surface area contributed by atoms with Crippen molar-refractivity contribution in [3.63, 3.8) is 0 Å². The number of aliphatic hydroxyl groups excluding tert-OH is 4. The van der Waals surface area contributed by atoms with Gasteiger partial charge in [0.1, 0.15) is 11.5 Å². The van der Waals surface area contributed by atoms with E-state index in [1.54, 1.807) is 0 Å². The molecule has 2 aromatic carbocycles. The van der Waals surface area contributed by atoms with E-state index < -0.39 is 24.1 Å². The maximum Gasteiger partial charge on any atom is 0.343 e. The molecule has 0 fully saturated rings. The number of benzene rings is 2. The van der Waals surface area contributed by atoms with Crippen LogP contribution in [0.3, 0.4) is 0 Å². The molecule has 0 aromatic heterocycles. The van der Waals surface area contributed by atoms with Crippen molar-refractivity contribution < 1.29 is 49.0 Å². The number of carbonyl (C=O) groups excluding carboxylic acids is 2. The molecule has 0 radical (unpaired) electrons. The number of anilines is 2. The van der Waals surface area contributed by atoms with Crippen molar-refractivity contribution in [2.75, 3.05) is 37.9 Å². The van der Waals surface area contributed by atoms with Gasteiger partial charge >= 0.3 is 11.9 Å². The fraction of sp³-hybridized carbons (Fsp3) is 0.364. The molecule has 0 aliphatic rings. The average Bonchev–Trinajstić information content (AvgIpc) is 2.81. The van der Waals surface area contributed by atoms with E-state index in [0.717, 1.165) is 0 Å². The highest BCUT2D eigenvalue weighted by molar-refractivity contribution is 5.87. The Morgan fingerprint density at radius 1 is 0.735 bits per heavy atom. The normalized spacial score (nSPS) is 12.7. The van der Waals surface area contributed by atoms with Gasteiger partial charge in [-0.1, -0.05) is 0 Å². The molecule has 2 rings (SSSR count). The van der Waals surface area contributed by atoms with E-state index in [-0.39, 0.29) is 51.1 Å².